The summed E-state index contributed by atoms with van der Waals surface area (Å²) in [7, 11) is 0. The Bertz CT molecular complexity index is 865. The van der Waals surface area contributed by atoms with Crippen LogP contribution in [0.5, 0.6) is 0 Å². The van der Waals surface area contributed by atoms with Gasteiger partial charge in [0.25, 0.3) is 0 Å². The first kappa shape index (κ1) is 16.2. The molecule has 5 heteroatoms. The Labute approximate surface area is 141 Å². The van der Waals surface area contributed by atoms with Crippen molar-refractivity contribution in [2.45, 2.75) is 26.8 Å². The van der Waals surface area contributed by atoms with Gasteiger partial charge >= 0.3 is 0 Å². The average Bonchev–Trinajstić information content (AvgIpc) is 3.00. The summed E-state index contributed by atoms with van der Waals surface area (Å²) < 4.78 is 2.02. The lowest BCUT2D eigenvalue weighted by atomic mass is 10.0. The van der Waals surface area contributed by atoms with Crippen molar-refractivity contribution in [3.05, 3.63) is 54.4 Å². The monoisotopic (exact) mass is 322 g/mol. The van der Waals surface area contributed by atoms with E-state index >= 15 is 0 Å². The van der Waals surface area contributed by atoms with E-state index in [0.717, 1.165) is 28.2 Å². The van der Waals surface area contributed by atoms with E-state index in [9.17, 15) is 4.79 Å². The number of nitrogens with zero attached hydrogens (tertiary/aromatic N) is 2. The number of nitrogens with two attached hydrogens (primary N) is 1. The van der Waals surface area contributed by atoms with Crippen molar-refractivity contribution >= 4 is 17.2 Å². The van der Waals surface area contributed by atoms with Crippen LogP contribution in [0.1, 0.15) is 19.4 Å². The van der Waals surface area contributed by atoms with Gasteiger partial charge in [-0.15, -0.1) is 0 Å². The van der Waals surface area contributed by atoms with E-state index in [1.54, 1.807) is 0 Å². The van der Waals surface area contributed by atoms with Crippen molar-refractivity contribution in [2.75, 3.05) is 5.32 Å². The summed E-state index contributed by atoms with van der Waals surface area (Å²) in [4.78, 5) is 16.7. The van der Waals surface area contributed by atoms with Gasteiger partial charge in [0, 0.05) is 23.6 Å². The predicted octanol–water partition coefficient (Wildman–Crippen LogP) is 3.23. The number of rotatable bonds is 4. The smallest absolute Gasteiger partial charge is 0.241 e. The van der Waals surface area contributed by atoms with E-state index in [4.69, 9.17) is 5.73 Å². The SMILES string of the molecule is Cc1cccn2cc(-c3ccc(NC(=O)[C@@H](N)C(C)C)cc3)nc12. The van der Waals surface area contributed by atoms with Crippen molar-refractivity contribution in [3.8, 4) is 11.3 Å². The van der Waals surface area contributed by atoms with Crippen LogP contribution in [0.3, 0.4) is 0 Å². The number of pyridine rings is 1. The molecule has 2 heterocycles. The number of hydrogen-bond acceptors (Lipinski definition) is 3. The molecule has 3 N–H and O–H groups in total. The van der Waals surface area contributed by atoms with Gasteiger partial charge in [-0.2, -0.15) is 0 Å². The highest BCUT2D eigenvalue weighted by molar-refractivity contribution is 5.95. The zero-order valence-electron chi connectivity index (χ0n) is 14.2. The fourth-order valence-electron chi connectivity index (χ4n) is 2.55. The minimum atomic E-state index is -0.508. The number of hydrogen-bond donors (Lipinski definition) is 2. The molecule has 124 valence electrons. The number of carbonyl (C=O) groups is 1. The Morgan fingerprint density at radius 1 is 1.21 bits per heavy atom. The maximum absolute atomic E-state index is 12.0. The number of benzene rings is 1. The Balaban J connectivity index is 1.81. The van der Waals surface area contributed by atoms with E-state index in [2.05, 4.69) is 10.3 Å². The van der Waals surface area contributed by atoms with Crippen LogP contribution in [-0.2, 0) is 4.79 Å². The number of imidazole rings is 1. The van der Waals surface area contributed by atoms with Crippen molar-refractivity contribution in [1.29, 1.82) is 0 Å². The van der Waals surface area contributed by atoms with E-state index < -0.39 is 6.04 Å². The van der Waals surface area contributed by atoms with Crippen molar-refractivity contribution in [2.24, 2.45) is 11.7 Å². The lowest BCUT2D eigenvalue weighted by Gasteiger charge is -2.15. The number of amides is 1. The summed E-state index contributed by atoms with van der Waals surface area (Å²) >= 11 is 0. The molecule has 5 nitrogen and oxygen atoms in total. The second-order valence-electron chi connectivity index (χ2n) is 6.38. The third-order valence-electron chi connectivity index (χ3n) is 4.15. The molecule has 0 aliphatic carbocycles. The van der Waals surface area contributed by atoms with Crippen molar-refractivity contribution < 1.29 is 4.79 Å². The standard InChI is InChI=1S/C19H22N4O/c1-12(2)17(20)19(24)21-15-8-6-14(7-9-15)16-11-23-10-4-5-13(3)18(23)22-16/h4-12,17H,20H2,1-3H3,(H,21,24)/t17-/m0/s1. The van der Waals surface area contributed by atoms with Crippen LogP contribution in [-0.4, -0.2) is 21.3 Å². The molecule has 1 aromatic carbocycles. The first-order chi connectivity index (χ1) is 11.5. The Kier molecular flexibility index (Phi) is 4.36. The van der Waals surface area contributed by atoms with Crippen LogP contribution in [0.25, 0.3) is 16.9 Å². The molecule has 1 amide bonds. The largest absolute Gasteiger partial charge is 0.325 e. The second kappa shape index (κ2) is 6.45. The molecule has 0 saturated heterocycles. The molecular formula is C19H22N4O. The van der Waals surface area contributed by atoms with Gasteiger partial charge in [-0.05, 0) is 36.6 Å². The molecular weight excluding hydrogens is 300 g/mol. The fourth-order valence-corrected chi connectivity index (χ4v) is 2.55. The highest BCUT2D eigenvalue weighted by Gasteiger charge is 2.17. The number of aryl methyl sites for hydroxylation is 1. The van der Waals surface area contributed by atoms with Crippen LogP contribution in [0.4, 0.5) is 5.69 Å². The lowest BCUT2D eigenvalue weighted by molar-refractivity contribution is -0.118. The summed E-state index contributed by atoms with van der Waals surface area (Å²) in [5.74, 6) is -0.0633. The molecule has 3 aromatic rings. The molecule has 2 aromatic heterocycles. The third kappa shape index (κ3) is 3.16. The van der Waals surface area contributed by atoms with Crippen LogP contribution < -0.4 is 11.1 Å². The first-order valence-electron chi connectivity index (χ1n) is 8.07. The third-order valence-corrected chi connectivity index (χ3v) is 4.15. The van der Waals surface area contributed by atoms with Gasteiger partial charge < -0.3 is 15.5 Å². The molecule has 24 heavy (non-hydrogen) atoms. The first-order valence-corrected chi connectivity index (χ1v) is 8.07. The number of carbonyl (C=O) groups excluding carboxylic acids is 1. The van der Waals surface area contributed by atoms with E-state index in [1.165, 1.54) is 0 Å². The van der Waals surface area contributed by atoms with Crippen molar-refractivity contribution in [1.82, 2.24) is 9.38 Å². The van der Waals surface area contributed by atoms with Gasteiger partial charge in [0.1, 0.15) is 5.65 Å². The summed E-state index contributed by atoms with van der Waals surface area (Å²) in [5, 5.41) is 2.85. The molecule has 0 aliphatic rings. The molecule has 1 atom stereocenters. The lowest BCUT2D eigenvalue weighted by Crippen LogP contribution is -2.39. The topological polar surface area (TPSA) is 72.4 Å². The van der Waals surface area contributed by atoms with Gasteiger partial charge in [0.15, 0.2) is 0 Å². The number of nitrogens with one attached hydrogen (secondary N) is 1. The van der Waals surface area contributed by atoms with E-state index in [0.29, 0.717) is 0 Å². The molecule has 0 saturated carbocycles. The van der Waals surface area contributed by atoms with E-state index in [1.807, 2.05) is 74.0 Å². The minimum absolute atomic E-state index is 0.102. The van der Waals surface area contributed by atoms with Gasteiger partial charge in [-0.25, -0.2) is 4.98 Å². The summed E-state index contributed by atoms with van der Waals surface area (Å²) in [5.41, 5.74) is 10.6. The summed E-state index contributed by atoms with van der Waals surface area (Å²) in [6.45, 7) is 5.90. The highest BCUT2D eigenvalue weighted by atomic mass is 16.2. The van der Waals surface area contributed by atoms with Crippen LogP contribution in [0, 0.1) is 12.8 Å². The Morgan fingerprint density at radius 2 is 1.92 bits per heavy atom. The maximum Gasteiger partial charge on any atom is 0.241 e. The minimum Gasteiger partial charge on any atom is -0.325 e. The summed E-state index contributed by atoms with van der Waals surface area (Å²) in [6.07, 6.45) is 3.99. The van der Waals surface area contributed by atoms with Gasteiger partial charge in [-0.1, -0.05) is 32.0 Å². The van der Waals surface area contributed by atoms with Crippen LogP contribution >= 0.6 is 0 Å². The summed E-state index contributed by atoms with van der Waals surface area (Å²) in [6, 6.07) is 11.2. The normalized spacial score (nSPS) is 12.5. The number of aromatic nitrogens is 2. The van der Waals surface area contributed by atoms with E-state index in [-0.39, 0.29) is 11.8 Å². The van der Waals surface area contributed by atoms with Gasteiger partial charge in [0.05, 0.1) is 11.7 Å². The predicted molar refractivity (Wildman–Crippen MR) is 96.8 cm³/mol. The Morgan fingerprint density at radius 3 is 2.54 bits per heavy atom. The molecule has 0 bridgehead atoms. The quantitative estimate of drug-likeness (QED) is 0.774. The fraction of sp³-hybridized carbons (Fsp3) is 0.263. The molecule has 3 rings (SSSR count). The second-order valence-corrected chi connectivity index (χ2v) is 6.38. The molecule has 0 unspecified atom stereocenters. The zero-order valence-corrected chi connectivity index (χ0v) is 14.2. The molecule has 0 spiro atoms. The van der Waals surface area contributed by atoms with Gasteiger partial charge in [-0.3, -0.25) is 4.79 Å². The van der Waals surface area contributed by atoms with Crippen LogP contribution in [0.15, 0.2) is 48.8 Å². The average molecular weight is 322 g/mol. The van der Waals surface area contributed by atoms with Gasteiger partial charge in [0.2, 0.25) is 5.91 Å². The molecule has 0 aliphatic heterocycles. The Hall–Kier alpha value is -2.66. The van der Waals surface area contributed by atoms with Crippen LogP contribution in [0.2, 0.25) is 0 Å². The molecule has 0 radical (unpaired) electrons. The highest BCUT2D eigenvalue weighted by Crippen LogP contribution is 2.22. The maximum atomic E-state index is 12.0. The molecule has 0 fully saturated rings. The number of fused-ring (bicyclic) bond motifs is 1. The van der Waals surface area contributed by atoms with Crippen molar-refractivity contribution in [3.63, 3.8) is 0 Å². The zero-order chi connectivity index (χ0) is 17.3. The number of anilines is 1.